The zero-order valence-electron chi connectivity index (χ0n) is 31.8. The van der Waals surface area contributed by atoms with E-state index in [1.165, 1.54) is 18.6 Å². The second-order valence-corrected chi connectivity index (χ2v) is 17.3. The summed E-state index contributed by atoms with van der Waals surface area (Å²) in [6, 6.07) is 9.90. The van der Waals surface area contributed by atoms with E-state index in [1.54, 1.807) is 50.2 Å². The van der Waals surface area contributed by atoms with Crippen molar-refractivity contribution in [2.24, 2.45) is 28.1 Å². The van der Waals surface area contributed by atoms with Gasteiger partial charge in [-0.25, -0.2) is 14.4 Å². The zero-order chi connectivity index (χ0) is 39.4. The first kappa shape index (κ1) is 36.6. The van der Waals surface area contributed by atoms with Crippen LogP contribution in [-0.4, -0.2) is 87.9 Å². The van der Waals surface area contributed by atoms with Gasteiger partial charge in [0.05, 0.1) is 25.2 Å². The maximum Gasteiger partial charge on any atom is 0.347 e. The highest BCUT2D eigenvalue weighted by molar-refractivity contribution is 5.90. The van der Waals surface area contributed by atoms with Crippen molar-refractivity contribution >= 4 is 23.9 Å². The molecule has 9 rings (SSSR count). The van der Waals surface area contributed by atoms with Crippen LogP contribution >= 0.6 is 0 Å². The Morgan fingerprint density at radius 2 is 1.76 bits per heavy atom. The molecule has 1 spiro atoms. The first-order chi connectivity index (χ1) is 25.9. The van der Waals surface area contributed by atoms with Gasteiger partial charge in [0.2, 0.25) is 6.10 Å². The molecule has 4 bridgehead atoms. The van der Waals surface area contributed by atoms with E-state index in [0.717, 1.165) is 14.0 Å². The van der Waals surface area contributed by atoms with Gasteiger partial charge in [0.1, 0.15) is 29.5 Å². The fourth-order valence-electron chi connectivity index (χ4n) is 12.8. The van der Waals surface area contributed by atoms with Gasteiger partial charge in [-0.15, -0.1) is 0 Å². The Kier molecular flexibility index (Phi) is 7.35. The Morgan fingerprint density at radius 3 is 2.40 bits per heavy atom. The smallest absolute Gasteiger partial charge is 0.347 e. The Labute approximate surface area is 317 Å². The Balaban J connectivity index is 1.36. The highest BCUT2D eigenvalue weighted by Gasteiger charge is 3.03. The van der Waals surface area contributed by atoms with Crippen LogP contribution in [0.15, 0.2) is 65.0 Å². The normalized spacial score (nSPS) is 46.5. The number of esters is 4. The Bertz CT molecular complexity index is 2030. The molecule has 0 unspecified atom stereocenters. The first-order valence-electron chi connectivity index (χ1n) is 18.9. The summed E-state index contributed by atoms with van der Waals surface area (Å²) in [6.45, 7) is 10.3. The van der Waals surface area contributed by atoms with E-state index >= 15 is 0 Å². The molecular weight excluding hydrogens is 716 g/mol. The topological polar surface area (TPSA) is 186 Å². The van der Waals surface area contributed by atoms with E-state index in [2.05, 4.69) is 0 Å². The Hall–Kier alpha value is -4.08. The van der Waals surface area contributed by atoms with Gasteiger partial charge < -0.3 is 47.8 Å². The van der Waals surface area contributed by atoms with E-state index in [0.29, 0.717) is 24.0 Å². The number of rotatable bonds is 8. The van der Waals surface area contributed by atoms with Crippen LogP contribution in [0.5, 0.6) is 0 Å². The molecule has 6 fully saturated rings. The van der Waals surface area contributed by atoms with Crippen molar-refractivity contribution < 1.29 is 67.0 Å². The van der Waals surface area contributed by atoms with Crippen LogP contribution in [0, 0.1) is 28.1 Å². The third kappa shape index (κ3) is 3.83. The third-order valence-electron chi connectivity index (χ3n) is 15.0. The maximum absolute atomic E-state index is 14.1. The number of ether oxygens (including phenoxy) is 7. The number of methoxy groups -OCH3 is 1. The maximum atomic E-state index is 14.1. The van der Waals surface area contributed by atoms with E-state index in [9.17, 15) is 29.4 Å². The van der Waals surface area contributed by atoms with Gasteiger partial charge in [-0.1, -0.05) is 52.8 Å². The van der Waals surface area contributed by atoms with Crippen LogP contribution in [-0.2, 0) is 47.5 Å². The SMILES string of the molecule is CC[C@@H](C)[C@@]12O[C@@H]3[C@@]4(O)[C@@H](OC(=O)c5ccccc5)[C@]5(C)C[C@@]4(O)[C@@](C)([C@H]5[C@@H](OC(C)=O)C(=O)OC)[C@]4(CC[C@]5(C)C(=CC(=O)O[C@H]5c5ccoc5)[C@@]34O1)O2. The summed E-state index contributed by atoms with van der Waals surface area (Å²) in [5, 5.41) is 27.5. The fourth-order valence-corrected chi connectivity index (χ4v) is 12.8. The molecule has 4 heterocycles. The van der Waals surface area contributed by atoms with Crippen LogP contribution in [0.3, 0.4) is 0 Å². The lowest BCUT2D eigenvalue weighted by Gasteiger charge is -2.75. The average molecular weight is 763 g/mol. The van der Waals surface area contributed by atoms with Crippen molar-refractivity contribution in [1.82, 2.24) is 0 Å². The van der Waals surface area contributed by atoms with Gasteiger partial charge in [0.25, 0.3) is 5.97 Å². The molecule has 55 heavy (non-hydrogen) atoms. The molecule has 2 saturated heterocycles. The fraction of sp³-hybridized carbons (Fsp3) is 0.610. The summed E-state index contributed by atoms with van der Waals surface area (Å²) < 4.78 is 50.5. The molecular formula is C41H46O14. The quantitative estimate of drug-likeness (QED) is 0.289. The summed E-state index contributed by atoms with van der Waals surface area (Å²) in [6.07, 6.45) is -0.559. The van der Waals surface area contributed by atoms with E-state index in [1.807, 2.05) is 20.8 Å². The largest absolute Gasteiger partial charge is 0.472 e. The second kappa shape index (κ2) is 11.1. The molecule has 294 valence electrons. The highest BCUT2D eigenvalue weighted by Crippen LogP contribution is 2.88. The van der Waals surface area contributed by atoms with E-state index in [4.69, 9.17) is 37.6 Å². The molecule has 0 radical (unpaired) electrons. The predicted octanol–water partition coefficient (Wildman–Crippen LogP) is 4.08. The number of carbonyl (C=O) groups is 4. The molecule has 0 amide bonds. The molecule has 1 aromatic carbocycles. The zero-order valence-corrected chi connectivity index (χ0v) is 31.8. The molecule has 14 nitrogen and oxygen atoms in total. The minimum absolute atomic E-state index is 0.148. The van der Waals surface area contributed by atoms with Crippen molar-refractivity contribution in [3.63, 3.8) is 0 Å². The van der Waals surface area contributed by atoms with Crippen molar-refractivity contribution in [1.29, 1.82) is 0 Å². The van der Waals surface area contributed by atoms with Crippen molar-refractivity contribution in [2.45, 2.75) is 120 Å². The van der Waals surface area contributed by atoms with Crippen molar-refractivity contribution in [3.8, 4) is 0 Å². The minimum Gasteiger partial charge on any atom is -0.472 e. The van der Waals surface area contributed by atoms with Gasteiger partial charge in [0.15, 0.2) is 11.2 Å². The van der Waals surface area contributed by atoms with Crippen molar-refractivity contribution in [3.05, 3.63) is 71.7 Å². The molecule has 7 aliphatic rings. The lowest BCUT2D eigenvalue weighted by Crippen LogP contribution is -2.92. The summed E-state index contributed by atoms with van der Waals surface area (Å²) >= 11 is 0. The molecule has 2 N–H and O–H groups in total. The molecule has 4 aliphatic carbocycles. The van der Waals surface area contributed by atoms with Gasteiger partial charge in [-0.2, -0.15) is 0 Å². The van der Waals surface area contributed by atoms with E-state index in [-0.39, 0.29) is 18.4 Å². The van der Waals surface area contributed by atoms with Gasteiger partial charge in [0, 0.05) is 46.6 Å². The lowest BCUT2D eigenvalue weighted by molar-refractivity contribution is -0.457. The minimum atomic E-state index is -2.47. The number of aliphatic hydroxyl groups is 2. The van der Waals surface area contributed by atoms with Crippen LogP contribution < -0.4 is 0 Å². The summed E-state index contributed by atoms with van der Waals surface area (Å²) in [5.74, 6) is -6.76. The van der Waals surface area contributed by atoms with Gasteiger partial charge >= 0.3 is 23.9 Å². The molecule has 4 saturated carbocycles. The van der Waals surface area contributed by atoms with Gasteiger partial charge in [-0.05, 0) is 49.5 Å². The highest BCUT2D eigenvalue weighted by atomic mass is 17.0. The Morgan fingerprint density at radius 1 is 1.04 bits per heavy atom. The molecule has 3 aliphatic heterocycles. The summed E-state index contributed by atoms with van der Waals surface area (Å²) in [5.41, 5.74) is -11.3. The molecule has 1 aromatic heterocycles. The van der Waals surface area contributed by atoms with Crippen LogP contribution in [0.1, 0.15) is 89.3 Å². The first-order valence-corrected chi connectivity index (χ1v) is 18.9. The monoisotopic (exact) mass is 762 g/mol. The summed E-state index contributed by atoms with van der Waals surface area (Å²) in [7, 11) is 1.16. The summed E-state index contributed by atoms with van der Waals surface area (Å²) in [4.78, 5) is 54.9. The number of cyclic esters (lactones) is 1. The number of hydrogen-bond donors (Lipinski definition) is 2. The average Bonchev–Trinajstić information content (AvgIpc) is 3.95. The predicted molar refractivity (Wildman–Crippen MR) is 185 cm³/mol. The van der Waals surface area contributed by atoms with Crippen molar-refractivity contribution in [2.75, 3.05) is 7.11 Å². The molecule has 14 heteroatoms. The number of benzene rings is 1. The second-order valence-electron chi connectivity index (χ2n) is 17.3. The molecule has 2 aromatic rings. The van der Waals surface area contributed by atoms with Gasteiger partial charge in [-0.3, -0.25) is 4.79 Å². The van der Waals surface area contributed by atoms with E-state index < -0.39 is 105 Å². The number of fused-ring (bicyclic) bond motifs is 4. The third-order valence-corrected chi connectivity index (χ3v) is 15.0. The lowest BCUT2D eigenvalue weighted by atomic mass is 9.34. The van der Waals surface area contributed by atoms with Crippen LogP contribution in [0.2, 0.25) is 0 Å². The molecule has 14 atom stereocenters. The van der Waals surface area contributed by atoms with Crippen LogP contribution in [0.4, 0.5) is 0 Å². The van der Waals surface area contributed by atoms with Crippen LogP contribution in [0.25, 0.3) is 0 Å². The number of furan rings is 1. The number of hydrogen-bond acceptors (Lipinski definition) is 14. The standard InChI is InChI=1S/C41H46O14/c1-8-21(2)41-53-33-39(47)32(52-30(44)23-12-10-9-11-13-23)35(5)20-37(39,46)36(6,28(35)27(31(45)48-7)50-22(3)42)38(54-41)16-15-34(4)25(40(33,38)55-41)18-26(43)51-29(34)24-14-17-49-19-24/h9-14,17-19,21,27-29,32-33,46-47H,8,15-16,20H2,1-7H3/t21-,27-,28+,29+,32+,33-,34-,35-,36-,37-,38+,39+,40-,41+/m1/s1. The number of carbonyl (C=O) groups excluding carboxylic acids is 4.